The number of ether oxygens (including phenoxy) is 2. The van der Waals surface area contributed by atoms with Gasteiger partial charge in [0.1, 0.15) is 0 Å². The molecule has 0 radical (unpaired) electrons. The van der Waals surface area contributed by atoms with Crippen molar-refractivity contribution in [2.45, 2.75) is 6.92 Å². The topological polar surface area (TPSA) is 56.3 Å². The fourth-order valence-electron chi connectivity index (χ4n) is 1.30. The lowest BCUT2D eigenvalue weighted by atomic mass is 10.2. The van der Waals surface area contributed by atoms with E-state index in [1.54, 1.807) is 20.3 Å². The number of thioether (sulfide) groups is 1. The quantitative estimate of drug-likeness (QED) is 0.805. The second-order valence-electron chi connectivity index (χ2n) is 3.72. The van der Waals surface area contributed by atoms with Crippen LogP contribution in [0.1, 0.15) is 6.92 Å². The van der Waals surface area contributed by atoms with Crippen molar-refractivity contribution in [3.8, 4) is 11.8 Å². The average molecular weight is 257 g/mol. The van der Waals surface area contributed by atoms with E-state index < -0.39 is 0 Å². The fourth-order valence-corrected chi connectivity index (χ4v) is 1.99. The molecule has 0 saturated carbocycles. The van der Waals surface area contributed by atoms with E-state index >= 15 is 0 Å². The molecule has 0 aromatic carbocycles. The Morgan fingerprint density at radius 1 is 1.29 bits per heavy atom. The summed E-state index contributed by atoms with van der Waals surface area (Å²) in [5.74, 6) is 3.20. The van der Waals surface area contributed by atoms with Gasteiger partial charge in [-0.05, 0) is 17.9 Å². The van der Waals surface area contributed by atoms with Crippen molar-refractivity contribution in [2.75, 3.05) is 38.1 Å². The van der Waals surface area contributed by atoms with E-state index in [2.05, 4.69) is 28.5 Å². The number of nitrogens with zero attached hydrogens (tertiary/aromatic N) is 2. The monoisotopic (exact) mass is 257 g/mol. The third-order valence-electron chi connectivity index (χ3n) is 2.16. The molecule has 0 aliphatic heterocycles. The van der Waals surface area contributed by atoms with Crippen molar-refractivity contribution >= 4 is 17.7 Å². The van der Waals surface area contributed by atoms with Gasteiger partial charge in [-0.25, -0.2) is 0 Å². The van der Waals surface area contributed by atoms with Crippen LogP contribution in [0, 0.1) is 5.92 Å². The number of aromatic nitrogens is 2. The SMILES string of the molecule is COc1cc(OC)nc(NCC(C)CSC)n1. The van der Waals surface area contributed by atoms with Crippen molar-refractivity contribution in [1.29, 1.82) is 0 Å². The Hall–Kier alpha value is -1.17. The van der Waals surface area contributed by atoms with E-state index in [-0.39, 0.29) is 0 Å². The smallest absolute Gasteiger partial charge is 0.229 e. The number of hydrogen-bond donors (Lipinski definition) is 1. The molecule has 1 unspecified atom stereocenters. The van der Waals surface area contributed by atoms with E-state index in [0.717, 1.165) is 12.3 Å². The number of anilines is 1. The van der Waals surface area contributed by atoms with E-state index in [0.29, 0.717) is 23.6 Å². The molecule has 1 rings (SSSR count). The summed E-state index contributed by atoms with van der Waals surface area (Å²) >= 11 is 1.83. The van der Waals surface area contributed by atoms with Gasteiger partial charge in [-0.15, -0.1) is 0 Å². The maximum absolute atomic E-state index is 5.08. The van der Waals surface area contributed by atoms with Gasteiger partial charge in [0.2, 0.25) is 17.7 Å². The Labute approximate surface area is 106 Å². The number of methoxy groups -OCH3 is 2. The van der Waals surface area contributed by atoms with Crippen molar-refractivity contribution in [3.63, 3.8) is 0 Å². The largest absolute Gasteiger partial charge is 0.481 e. The predicted octanol–water partition coefficient (Wildman–Crippen LogP) is 1.90. The molecule has 0 saturated heterocycles. The van der Waals surface area contributed by atoms with E-state index in [4.69, 9.17) is 9.47 Å². The van der Waals surface area contributed by atoms with E-state index in [9.17, 15) is 0 Å². The first-order valence-electron chi connectivity index (χ1n) is 5.39. The standard InChI is InChI=1S/C11H19N3O2S/c1-8(7-17-4)6-12-11-13-9(15-2)5-10(14-11)16-3/h5,8H,6-7H2,1-4H3,(H,12,13,14). The number of hydrogen-bond acceptors (Lipinski definition) is 6. The van der Waals surface area contributed by atoms with Gasteiger partial charge >= 0.3 is 0 Å². The van der Waals surface area contributed by atoms with Crippen LogP contribution in [0.4, 0.5) is 5.95 Å². The first kappa shape index (κ1) is 13.9. The van der Waals surface area contributed by atoms with Crippen molar-refractivity contribution < 1.29 is 9.47 Å². The molecule has 96 valence electrons. The van der Waals surface area contributed by atoms with Gasteiger partial charge in [0.05, 0.1) is 20.3 Å². The Morgan fingerprint density at radius 3 is 2.35 bits per heavy atom. The molecule has 6 heteroatoms. The zero-order valence-corrected chi connectivity index (χ0v) is 11.5. The molecular weight excluding hydrogens is 238 g/mol. The minimum Gasteiger partial charge on any atom is -0.481 e. The number of rotatable bonds is 7. The molecule has 5 nitrogen and oxygen atoms in total. The molecule has 1 aromatic rings. The second kappa shape index (κ2) is 7.21. The van der Waals surface area contributed by atoms with Crippen LogP contribution in [0.5, 0.6) is 11.8 Å². The normalized spacial score (nSPS) is 12.0. The van der Waals surface area contributed by atoms with Crippen LogP contribution in [-0.2, 0) is 0 Å². The summed E-state index contributed by atoms with van der Waals surface area (Å²) in [7, 11) is 3.14. The molecule has 1 atom stereocenters. The van der Waals surface area contributed by atoms with Crippen LogP contribution in [0.2, 0.25) is 0 Å². The maximum atomic E-state index is 5.08. The van der Waals surface area contributed by atoms with Gasteiger partial charge in [-0.1, -0.05) is 6.92 Å². The maximum Gasteiger partial charge on any atom is 0.229 e. The highest BCUT2D eigenvalue weighted by Crippen LogP contribution is 2.17. The second-order valence-corrected chi connectivity index (χ2v) is 4.63. The molecule has 0 aliphatic carbocycles. The van der Waals surface area contributed by atoms with Gasteiger partial charge in [0, 0.05) is 6.54 Å². The van der Waals surface area contributed by atoms with E-state index in [1.807, 2.05) is 11.8 Å². The molecule has 1 N–H and O–H groups in total. The van der Waals surface area contributed by atoms with Crippen LogP contribution in [0.15, 0.2) is 6.07 Å². The van der Waals surface area contributed by atoms with Crippen LogP contribution >= 0.6 is 11.8 Å². The van der Waals surface area contributed by atoms with Gasteiger partial charge in [0.15, 0.2) is 0 Å². The molecule has 0 fully saturated rings. The first-order valence-corrected chi connectivity index (χ1v) is 6.78. The van der Waals surface area contributed by atoms with Crippen molar-refractivity contribution in [2.24, 2.45) is 5.92 Å². The van der Waals surface area contributed by atoms with Gasteiger partial charge < -0.3 is 14.8 Å². The highest BCUT2D eigenvalue weighted by atomic mass is 32.2. The minimum atomic E-state index is 0.497. The molecule has 0 bridgehead atoms. The highest BCUT2D eigenvalue weighted by molar-refractivity contribution is 7.98. The summed E-state index contributed by atoms with van der Waals surface area (Å²) in [6, 6.07) is 1.65. The van der Waals surface area contributed by atoms with Crippen LogP contribution in [0.3, 0.4) is 0 Å². The molecule has 0 spiro atoms. The lowest BCUT2D eigenvalue weighted by Gasteiger charge is -2.12. The molecular formula is C11H19N3O2S. The van der Waals surface area contributed by atoms with Crippen LogP contribution < -0.4 is 14.8 Å². The third-order valence-corrected chi connectivity index (χ3v) is 3.06. The van der Waals surface area contributed by atoms with Crippen LogP contribution in [0.25, 0.3) is 0 Å². The molecule has 0 amide bonds. The summed E-state index contributed by atoms with van der Waals surface area (Å²) in [5, 5.41) is 3.18. The van der Waals surface area contributed by atoms with Crippen molar-refractivity contribution in [3.05, 3.63) is 6.07 Å². The lowest BCUT2D eigenvalue weighted by molar-refractivity contribution is 0.372. The van der Waals surface area contributed by atoms with E-state index in [1.165, 1.54) is 0 Å². The predicted molar refractivity (Wildman–Crippen MR) is 71.2 cm³/mol. The summed E-state index contributed by atoms with van der Waals surface area (Å²) in [6.07, 6.45) is 2.10. The number of nitrogens with one attached hydrogen (secondary N) is 1. The van der Waals surface area contributed by atoms with Gasteiger partial charge in [-0.2, -0.15) is 21.7 Å². The average Bonchev–Trinajstić information content (AvgIpc) is 2.36. The molecule has 1 heterocycles. The zero-order valence-electron chi connectivity index (χ0n) is 10.7. The fraction of sp³-hybridized carbons (Fsp3) is 0.636. The zero-order chi connectivity index (χ0) is 12.7. The Morgan fingerprint density at radius 2 is 1.88 bits per heavy atom. The van der Waals surface area contributed by atoms with Gasteiger partial charge in [-0.3, -0.25) is 0 Å². The third kappa shape index (κ3) is 4.68. The molecule has 17 heavy (non-hydrogen) atoms. The summed E-state index contributed by atoms with van der Waals surface area (Å²) in [5.41, 5.74) is 0. The summed E-state index contributed by atoms with van der Waals surface area (Å²) < 4.78 is 10.2. The summed E-state index contributed by atoms with van der Waals surface area (Å²) in [4.78, 5) is 8.40. The highest BCUT2D eigenvalue weighted by Gasteiger charge is 2.06. The molecule has 1 aromatic heterocycles. The first-order chi connectivity index (χ1) is 8.19. The summed E-state index contributed by atoms with van der Waals surface area (Å²) in [6.45, 7) is 3.01. The minimum absolute atomic E-state index is 0.497. The van der Waals surface area contributed by atoms with Crippen molar-refractivity contribution in [1.82, 2.24) is 9.97 Å². The van der Waals surface area contributed by atoms with Gasteiger partial charge in [0.25, 0.3) is 0 Å². The Kier molecular flexibility index (Phi) is 5.90. The Bertz CT molecular complexity index is 327. The molecule has 0 aliphatic rings. The lowest BCUT2D eigenvalue weighted by Crippen LogP contribution is -2.15. The van der Waals surface area contributed by atoms with Crippen LogP contribution in [-0.4, -0.2) is 42.7 Å². The Balaban J connectivity index is 2.63.